The summed E-state index contributed by atoms with van der Waals surface area (Å²) in [5, 5.41) is 18.7. The molecule has 0 bridgehead atoms. The van der Waals surface area contributed by atoms with Crippen molar-refractivity contribution < 1.29 is 19.8 Å². The smallest absolute Gasteiger partial charge is 0.335 e. The molecule has 0 aliphatic carbocycles. The molecule has 0 unspecified atom stereocenters. The molecule has 1 aromatic rings. The summed E-state index contributed by atoms with van der Waals surface area (Å²) in [7, 11) is 0. The molecule has 0 amide bonds. The van der Waals surface area contributed by atoms with Crippen molar-refractivity contribution in [2.24, 2.45) is 0 Å². The second-order valence-electron chi connectivity index (χ2n) is 2.17. The Morgan fingerprint density at radius 1 is 1.23 bits per heavy atom. The van der Waals surface area contributed by atoms with Crippen LogP contribution in [-0.4, -0.2) is 17.0 Å². The Kier molecular flexibility index (Phi) is 3.65. The Morgan fingerprint density at radius 2 is 1.77 bits per heavy atom. The van der Waals surface area contributed by atoms with Crippen molar-refractivity contribution in [3.8, 4) is 0 Å². The van der Waals surface area contributed by atoms with Crippen LogP contribution in [-0.2, 0) is 0 Å². The highest BCUT2D eigenvalue weighted by Crippen LogP contribution is 2.03. The van der Waals surface area contributed by atoms with Crippen LogP contribution >= 0.6 is 0 Å². The summed E-state index contributed by atoms with van der Waals surface area (Å²) in [6.45, 7) is 0. The third-order valence-electron chi connectivity index (χ3n) is 1.35. The van der Waals surface area contributed by atoms with E-state index in [0.717, 1.165) is 6.07 Å². The molecule has 0 aliphatic heterocycles. The van der Waals surface area contributed by atoms with Crippen LogP contribution in [0.15, 0.2) is 24.3 Å². The molecule has 0 saturated carbocycles. The molecule has 70 valence electrons. The molecular formula is C9H9O4-. The fourth-order valence-corrected chi connectivity index (χ4v) is 0.779. The Bertz CT molecular complexity index is 301. The zero-order chi connectivity index (χ0) is 9.14. The molecule has 1 N–H and O–H groups in total. The fourth-order valence-electron chi connectivity index (χ4n) is 0.779. The van der Waals surface area contributed by atoms with Crippen LogP contribution in [0.3, 0.4) is 0 Å². The van der Waals surface area contributed by atoms with Gasteiger partial charge in [0, 0.05) is 0 Å². The van der Waals surface area contributed by atoms with Crippen LogP contribution in [0, 0.1) is 0 Å². The second kappa shape index (κ2) is 4.25. The molecule has 4 nitrogen and oxygen atoms in total. The predicted octanol–water partition coefficient (Wildman–Crippen LogP) is 0.384. The van der Waals surface area contributed by atoms with Crippen molar-refractivity contribution >= 4 is 11.9 Å². The van der Waals surface area contributed by atoms with E-state index in [1.54, 1.807) is 0 Å². The van der Waals surface area contributed by atoms with E-state index in [0.29, 0.717) is 0 Å². The second-order valence-corrected chi connectivity index (χ2v) is 2.17. The highest BCUT2D eigenvalue weighted by molar-refractivity contribution is 5.92. The molecular weight excluding hydrogens is 172 g/mol. The maximum absolute atomic E-state index is 10.4. The number of carboxylic acids is 2. The molecule has 0 atom stereocenters. The summed E-state index contributed by atoms with van der Waals surface area (Å²) in [5.41, 5.74) is -0.188. The number of hydrogen-bond donors (Lipinski definition) is 1. The van der Waals surface area contributed by atoms with E-state index in [-0.39, 0.29) is 18.6 Å². The number of hydrogen-bond acceptors (Lipinski definition) is 3. The first-order valence-corrected chi connectivity index (χ1v) is 3.16. The molecule has 0 heterocycles. The highest BCUT2D eigenvalue weighted by atomic mass is 16.4. The first-order valence-electron chi connectivity index (χ1n) is 3.16. The normalized spacial score (nSPS) is 8.62. The van der Waals surface area contributed by atoms with Gasteiger partial charge in [0.15, 0.2) is 0 Å². The van der Waals surface area contributed by atoms with Crippen molar-refractivity contribution in [1.82, 2.24) is 0 Å². The van der Waals surface area contributed by atoms with Gasteiger partial charge in [-0.15, -0.1) is 0 Å². The lowest BCUT2D eigenvalue weighted by atomic mass is 10.1. The highest BCUT2D eigenvalue weighted by Gasteiger charge is 2.02. The molecule has 0 fully saturated rings. The number of aromatic carboxylic acids is 2. The van der Waals surface area contributed by atoms with E-state index in [2.05, 4.69) is 0 Å². The van der Waals surface area contributed by atoms with Crippen LogP contribution in [0.1, 0.15) is 28.1 Å². The zero-order valence-electron chi connectivity index (χ0n) is 5.98. The number of carboxylic acid groups (broad SMARTS) is 2. The van der Waals surface area contributed by atoms with Crippen molar-refractivity contribution in [3.63, 3.8) is 0 Å². The minimum absolute atomic E-state index is 0. The van der Waals surface area contributed by atoms with E-state index in [1.165, 1.54) is 18.2 Å². The van der Waals surface area contributed by atoms with Gasteiger partial charge in [-0.2, -0.15) is 0 Å². The van der Waals surface area contributed by atoms with E-state index in [1.807, 2.05) is 0 Å². The molecule has 0 aliphatic rings. The van der Waals surface area contributed by atoms with Crippen LogP contribution < -0.4 is 5.11 Å². The molecule has 0 aromatic heterocycles. The quantitative estimate of drug-likeness (QED) is 0.715. The SMILES string of the molecule is C.O=C([O-])c1cccc(C(=O)O)c1. The number of benzene rings is 1. The number of carbonyl (C=O) groups is 2. The fraction of sp³-hybridized carbons (Fsp3) is 0.111. The van der Waals surface area contributed by atoms with Gasteiger partial charge in [0.25, 0.3) is 0 Å². The summed E-state index contributed by atoms with van der Waals surface area (Å²) < 4.78 is 0. The van der Waals surface area contributed by atoms with Gasteiger partial charge in [0.2, 0.25) is 0 Å². The van der Waals surface area contributed by atoms with Gasteiger partial charge >= 0.3 is 5.97 Å². The number of rotatable bonds is 2. The van der Waals surface area contributed by atoms with Gasteiger partial charge in [-0.3, -0.25) is 0 Å². The molecule has 1 rings (SSSR count). The van der Waals surface area contributed by atoms with Crippen LogP contribution in [0.5, 0.6) is 0 Å². The van der Waals surface area contributed by atoms with Crippen LogP contribution in [0.25, 0.3) is 0 Å². The Morgan fingerprint density at radius 3 is 2.23 bits per heavy atom. The Labute approximate surface area is 75.4 Å². The first kappa shape index (κ1) is 11.2. The van der Waals surface area contributed by atoms with Crippen molar-refractivity contribution in [1.29, 1.82) is 0 Å². The summed E-state index contributed by atoms with van der Waals surface area (Å²) in [6.07, 6.45) is 0. The maximum atomic E-state index is 10.4. The average molecular weight is 181 g/mol. The Balaban J connectivity index is 0.00000144. The lowest BCUT2D eigenvalue weighted by molar-refractivity contribution is -0.255. The van der Waals surface area contributed by atoms with E-state index in [9.17, 15) is 14.7 Å². The molecule has 4 heteroatoms. The topological polar surface area (TPSA) is 77.4 Å². The van der Waals surface area contributed by atoms with Gasteiger partial charge in [0.1, 0.15) is 0 Å². The molecule has 0 radical (unpaired) electrons. The summed E-state index contributed by atoms with van der Waals surface area (Å²) in [6, 6.07) is 5.00. The molecule has 0 saturated heterocycles. The predicted molar refractivity (Wildman–Crippen MR) is 44.5 cm³/mol. The maximum Gasteiger partial charge on any atom is 0.335 e. The van der Waals surface area contributed by atoms with Crippen LogP contribution in [0.4, 0.5) is 0 Å². The minimum atomic E-state index is -1.38. The standard InChI is InChI=1S/C8H6O4.CH4/c9-7(10)5-2-1-3-6(4-5)8(11)12;/h1-4H,(H,9,10)(H,11,12);1H4/p-1. The monoisotopic (exact) mass is 181 g/mol. The third-order valence-corrected chi connectivity index (χ3v) is 1.35. The van der Waals surface area contributed by atoms with Gasteiger partial charge in [-0.05, 0) is 17.7 Å². The van der Waals surface area contributed by atoms with Crippen molar-refractivity contribution in [2.45, 2.75) is 7.43 Å². The van der Waals surface area contributed by atoms with Crippen molar-refractivity contribution in [3.05, 3.63) is 35.4 Å². The third kappa shape index (κ3) is 2.59. The lowest BCUT2D eigenvalue weighted by Crippen LogP contribution is -2.22. The van der Waals surface area contributed by atoms with E-state index in [4.69, 9.17) is 5.11 Å². The van der Waals surface area contributed by atoms with Crippen molar-refractivity contribution in [2.75, 3.05) is 0 Å². The van der Waals surface area contributed by atoms with Gasteiger partial charge in [-0.25, -0.2) is 4.79 Å². The van der Waals surface area contributed by atoms with Crippen LogP contribution in [0.2, 0.25) is 0 Å². The largest absolute Gasteiger partial charge is 0.545 e. The summed E-state index contributed by atoms with van der Waals surface area (Å²) in [5.74, 6) is -2.53. The minimum Gasteiger partial charge on any atom is -0.545 e. The lowest BCUT2D eigenvalue weighted by Gasteiger charge is -2.01. The summed E-state index contributed by atoms with van der Waals surface area (Å²) in [4.78, 5) is 20.6. The van der Waals surface area contributed by atoms with Gasteiger partial charge in [0.05, 0.1) is 11.5 Å². The molecule has 0 spiro atoms. The first-order chi connectivity index (χ1) is 5.61. The summed E-state index contributed by atoms with van der Waals surface area (Å²) >= 11 is 0. The number of carbonyl (C=O) groups excluding carboxylic acids is 1. The van der Waals surface area contributed by atoms with E-state index >= 15 is 0 Å². The molecule has 13 heavy (non-hydrogen) atoms. The molecule has 1 aromatic carbocycles. The Hall–Kier alpha value is -1.84. The van der Waals surface area contributed by atoms with E-state index < -0.39 is 11.9 Å². The zero-order valence-corrected chi connectivity index (χ0v) is 5.98. The van der Waals surface area contributed by atoms with Gasteiger partial charge in [-0.1, -0.05) is 19.6 Å². The van der Waals surface area contributed by atoms with Gasteiger partial charge < -0.3 is 15.0 Å². The average Bonchev–Trinajstić information content (AvgIpc) is 2.04.